The Morgan fingerprint density at radius 3 is 2.85 bits per heavy atom. The van der Waals surface area contributed by atoms with E-state index in [-0.39, 0.29) is 10.6 Å². The highest BCUT2D eigenvalue weighted by atomic mass is 35.5. The Bertz CT molecular complexity index is 345. The second-order valence-corrected chi connectivity index (χ2v) is 2.76. The van der Waals surface area contributed by atoms with Gasteiger partial charge >= 0.3 is 5.97 Å². The van der Waals surface area contributed by atoms with Crippen LogP contribution < -0.4 is 5.73 Å². The van der Waals surface area contributed by atoms with Crippen molar-refractivity contribution in [1.29, 1.82) is 0 Å². The summed E-state index contributed by atoms with van der Waals surface area (Å²) in [5.41, 5.74) is 5.40. The third kappa shape index (κ3) is 2.13. The van der Waals surface area contributed by atoms with Crippen molar-refractivity contribution in [3.63, 3.8) is 0 Å². The minimum absolute atomic E-state index is 0.166. The maximum absolute atomic E-state index is 12.5. The summed E-state index contributed by atoms with van der Waals surface area (Å²) in [5, 5.41) is 8.26. The molecule has 70 valence electrons. The lowest BCUT2D eigenvalue weighted by Crippen LogP contribution is -2.20. The van der Waals surface area contributed by atoms with Crippen molar-refractivity contribution >= 4 is 17.6 Å². The van der Waals surface area contributed by atoms with Crippen LogP contribution in [0.25, 0.3) is 0 Å². The fraction of sp³-hybridized carbons (Fsp3) is 0.143. The summed E-state index contributed by atoms with van der Waals surface area (Å²) in [6, 6.07) is -0.0894. The number of carboxylic acid groups (broad SMARTS) is 1. The van der Waals surface area contributed by atoms with E-state index in [1.54, 1.807) is 0 Å². The highest BCUT2D eigenvalue weighted by molar-refractivity contribution is 6.30. The predicted octanol–water partition coefficient (Wildman–Crippen LogP) is 0.959. The van der Waals surface area contributed by atoms with Crippen molar-refractivity contribution in [2.24, 2.45) is 5.73 Å². The summed E-state index contributed by atoms with van der Waals surface area (Å²) in [6.45, 7) is 0. The van der Waals surface area contributed by atoms with Gasteiger partial charge in [0.1, 0.15) is 6.04 Å². The number of nitrogens with zero attached hydrogens (tertiary/aromatic N) is 1. The number of halogens is 2. The molecule has 1 rings (SSSR count). The minimum atomic E-state index is -1.23. The molecule has 0 amide bonds. The Balaban J connectivity index is 3.03. The highest BCUT2D eigenvalue weighted by Crippen LogP contribution is 2.17. The van der Waals surface area contributed by atoms with Crippen molar-refractivity contribution < 1.29 is 14.3 Å². The topological polar surface area (TPSA) is 76.2 Å². The molecule has 6 heteroatoms. The quantitative estimate of drug-likeness (QED) is 0.704. The van der Waals surface area contributed by atoms with Crippen LogP contribution in [0.3, 0.4) is 0 Å². The lowest BCUT2D eigenvalue weighted by molar-refractivity contribution is -0.138. The summed E-state index contributed by atoms with van der Waals surface area (Å²) in [4.78, 5) is 13.6. The van der Waals surface area contributed by atoms with E-state index in [0.29, 0.717) is 0 Å². The molecule has 1 atom stereocenters. The molecule has 0 bridgehead atoms. The number of aliphatic carboxylic acids is 1. The van der Waals surface area contributed by atoms with Crippen molar-refractivity contribution in [3.05, 3.63) is 28.8 Å². The van der Waals surface area contributed by atoms with Gasteiger partial charge in [0.05, 0.1) is 5.02 Å². The molecule has 0 unspecified atom stereocenters. The molecule has 0 saturated carbocycles. The molecular formula is C7H6ClFN2O2. The molecule has 0 saturated heterocycles. The number of hydrogen-bond acceptors (Lipinski definition) is 3. The Morgan fingerprint density at radius 1 is 1.77 bits per heavy atom. The summed E-state index contributed by atoms with van der Waals surface area (Å²) in [6.07, 6.45) is 1.04. The maximum Gasteiger partial charge on any atom is 0.325 e. The van der Waals surface area contributed by atoms with Gasteiger partial charge < -0.3 is 10.8 Å². The third-order valence-corrected chi connectivity index (χ3v) is 1.71. The first kappa shape index (κ1) is 9.88. The summed E-state index contributed by atoms with van der Waals surface area (Å²) < 4.78 is 12.5. The maximum atomic E-state index is 12.5. The molecule has 0 aliphatic carbocycles. The van der Waals surface area contributed by atoms with Gasteiger partial charge in [0, 0.05) is 11.8 Å². The fourth-order valence-corrected chi connectivity index (χ4v) is 0.923. The predicted molar refractivity (Wildman–Crippen MR) is 43.8 cm³/mol. The van der Waals surface area contributed by atoms with Crippen LogP contribution >= 0.6 is 11.6 Å². The molecule has 0 aliphatic rings. The molecule has 1 aromatic heterocycles. The van der Waals surface area contributed by atoms with Crippen LogP contribution in [-0.4, -0.2) is 16.1 Å². The second-order valence-electron chi connectivity index (χ2n) is 2.36. The zero-order chi connectivity index (χ0) is 10.0. The zero-order valence-electron chi connectivity index (χ0n) is 6.37. The second kappa shape index (κ2) is 3.68. The fourth-order valence-electron chi connectivity index (χ4n) is 0.749. The Morgan fingerprint density at radius 2 is 2.38 bits per heavy atom. The molecule has 1 aromatic rings. The monoisotopic (exact) mass is 204 g/mol. The van der Waals surface area contributed by atoms with Gasteiger partial charge in [-0.15, -0.1) is 0 Å². The average Bonchev–Trinajstić information content (AvgIpc) is 2.08. The van der Waals surface area contributed by atoms with Crippen LogP contribution in [0.2, 0.25) is 5.02 Å². The first-order valence-electron chi connectivity index (χ1n) is 3.31. The SMILES string of the molecule is N[C@@H](C(=O)O)c1cnc(F)c(Cl)c1. The number of pyridine rings is 1. The van der Waals surface area contributed by atoms with Gasteiger partial charge in [0.2, 0.25) is 5.95 Å². The molecule has 3 N–H and O–H groups in total. The van der Waals surface area contributed by atoms with E-state index in [2.05, 4.69) is 4.98 Å². The smallest absolute Gasteiger partial charge is 0.325 e. The molecule has 0 radical (unpaired) electrons. The summed E-state index contributed by atoms with van der Waals surface area (Å²) >= 11 is 5.38. The number of aromatic nitrogens is 1. The molecule has 13 heavy (non-hydrogen) atoms. The number of carbonyl (C=O) groups is 1. The minimum Gasteiger partial charge on any atom is -0.480 e. The van der Waals surface area contributed by atoms with E-state index in [4.69, 9.17) is 22.4 Å². The first-order chi connectivity index (χ1) is 6.02. The van der Waals surface area contributed by atoms with Crippen molar-refractivity contribution in [2.75, 3.05) is 0 Å². The summed E-state index contributed by atoms with van der Waals surface area (Å²) in [5.74, 6) is -2.06. The van der Waals surface area contributed by atoms with Gasteiger partial charge in [-0.25, -0.2) is 4.98 Å². The number of carboxylic acids is 1. The zero-order valence-corrected chi connectivity index (χ0v) is 7.12. The molecule has 0 aromatic carbocycles. The third-order valence-electron chi connectivity index (χ3n) is 1.44. The van der Waals surface area contributed by atoms with E-state index in [1.165, 1.54) is 0 Å². The van der Waals surface area contributed by atoms with Gasteiger partial charge in [-0.05, 0) is 6.07 Å². The normalized spacial score (nSPS) is 12.5. The van der Waals surface area contributed by atoms with Gasteiger partial charge in [-0.1, -0.05) is 11.6 Å². The number of hydrogen-bond donors (Lipinski definition) is 2. The Labute approximate surface area is 78.1 Å². The van der Waals surface area contributed by atoms with Crippen LogP contribution in [-0.2, 0) is 4.79 Å². The number of nitrogens with two attached hydrogens (primary N) is 1. The van der Waals surface area contributed by atoms with Crippen molar-refractivity contribution in [3.8, 4) is 0 Å². The lowest BCUT2D eigenvalue weighted by Gasteiger charge is -2.05. The van der Waals surface area contributed by atoms with Gasteiger partial charge in [0.25, 0.3) is 0 Å². The van der Waals surface area contributed by atoms with E-state index < -0.39 is 18.0 Å². The first-order valence-corrected chi connectivity index (χ1v) is 3.69. The summed E-state index contributed by atoms with van der Waals surface area (Å²) in [7, 11) is 0. The molecule has 0 spiro atoms. The van der Waals surface area contributed by atoms with Gasteiger partial charge in [0.15, 0.2) is 0 Å². The van der Waals surface area contributed by atoms with E-state index in [0.717, 1.165) is 12.3 Å². The van der Waals surface area contributed by atoms with E-state index in [9.17, 15) is 9.18 Å². The van der Waals surface area contributed by atoms with E-state index in [1.807, 2.05) is 0 Å². The number of rotatable bonds is 2. The molecule has 4 nitrogen and oxygen atoms in total. The Hall–Kier alpha value is -1.20. The Kier molecular flexibility index (Phi) is 2.79. The molecule has 1 heterocycles. The molecule has 0 aliphatic heterocycles. The van der Waals surface area contributed by atoms with Crippen molar-refractivity contribution in [1.82, 2.24) is 4.98 Å². The lowest BCUT2D eigenvalue weighted by atomic mass is 10.1. The van der Waals surface area contributed by atoms with E-state index >= 15 is 0 Å². The van der Waals surface area contributed by atoms with Crippen LogP contribution in [0.5, 0.6) is 0 Å². The van der Waals surface area contributed by atoms with Gasteiger partial charge in [-0.2, -0.15) is 4.39 Å². The molecule has 0 fully saturated rings. The molecular weight excluding hydrogens is 199 g/mol. The van der Waals surface area contributed by atoms with Crippen LogP contribution in [0.4, 0.5) is 4.39 Å². The standard InChI is InChI=1S/C7H6ClFN2O2/c8-4-1-3(2-11-6(4)9)5(10)7(12)13/h1-2,5H,10H2,(H,12,13)/t5-/m1/s1. The highest BCUT2D eigenvalue weighted by Gasteiger charge is 2.15. The van der Waals surface area contributed by atoms with Crippen LogP contribution in [0.1, 0.15) is 11.6 Å². The van der Waals surface area contributed by atoms with Crippen LogP contribution in [0.15, 0.2) is 12.3 Å². The largest absolute Gasteiger partial charge is 0.480 e. The van der Waals surface area contributed by atoms with Crippen LogP contribution in [0, 0.1) is 5.95 Å². The average molecular weight is 205 g/mol. The van der Waals surface area contributed by atoms with Gasteiger partial charge in [-0.3, -0.25) is 4.79 Å². The van der Waals surface area contributed by atoms with Crippen molar-refractivity contribution in [2.45, 2.75) is 6.04 Å².